The van der Waals surface area contributed by atoms with E-state index >= 15 is 0 Å². The maximum atomic E-state index is 9.70. The van der Waals surface area contributed by atoms with Gasteiger partial charge in [0.2, 0.25) is 0 Å². The Hall–Kier alpha value is 0.0900. The topological polar surface area (TPSA) is 84.2 Å². The molecular formula is C9H18ClNO4. The highest BCUT2D eigenvalue weighted by Gasteiger charge is 2.45. The number of nitrogens with zero attached hydrogens (tertiary/aromatic N) is 1. The zero-order valence-corrected chi connectivity index (χ0v) is 9.18. The van der Waals surface area contributed by atoms with E-state index in [1.54, 1.807) is 0 Å². The lowest BCUT2D eigenvalue weighted by atomic mass is 9.86. The summed E-state index contributed by atoms with van der Waals surface area (Å²) in [7, 11) is 0. The summed E-state index contributed by atoms with van der Waals surface area (Å²) in [5, 5.41) is 38.3. The SMILES string of the molecule is Cl.OC1CN2CCCC(O)C2C(O)C1O. The van der Waals surface area contributed by atoms with Gasteiger partial charge in [-0.2, -0.15) is 0 Å². The van der Waals surface area contributed by atoms with Crippen LogP contribution in [-0.2, 0) is 0 Å². The third kappa shape index (κ3) is 2.27. The molecule has 0 radical (unpaired) electrons. The second-order valence-corrected chi connectivity index (χ2v) is 4.24. The molecule has 0 spiro atoms. The molecule has 0 amide bonds. The number of hydrogen-bond acceptors (Lipinski definition) is 5. The molecule has 2 aliphatic rings. The van der Waals surface area contributed by atoms with Crippen LogP contribution < -0.4 is 0 Å². The highest BCUT2D eigenvalue weighted by Crippen LogP contribution is 2.27. The second-order valence-electron chi connectivity index (χ2n) is 4.24. The van der Waals surface area contributed by atoms with E-state index in [0.29, 0.717) is 13.0 Å². The van der Waals surface area contributed by atoms with Gasteiger partial charge in [-0.3, -0.25) is 4.90 Å². The van der Waals surface area contributed by atoms with Crippen LogP contribution in [0.3, 0.4) is 0 Å². The fourth-order valence-electron chi connectivity index (χ4n) is 2.50. The Morgan fingerprint density at radius 3 is 2.27 bits per heavy atom. The summed E-state index contributed by atoms with van der Waals surface area (Å²) in [5.41, 5.74) is 0. The Balaban J connectivity index is 0.00000112. The van der Waals surface area contributed by atoms with Crippen LogP contribution in [0.5, 0.6) is 0 Å². The molecule has 0 aromatic rings. The van der Waals surface area contributed by atoms with Crippen molar-refractivity contribution in [3.8, 4) is 0 Å². The van der Waals surface area contributed by atoms with Crippen LogP contribution in [0.1, 0.15) is 12.8 Å². The molecular weight excluding hydrogens is 222 g/mol. The minimum Gasteiger partial charge on any atom is -0.391 e. The third-order valence-electron chi connectivity index (χ3n) is 3.28. The van der Waals surface area contributed by atoms with Crippen molar-refractivity contribution in [2.75, 3.05) is 13.1 Å². The molecule has 15 heavy (non-hydrogen) atoms. The van der Waals surface area contributed by atoms with Crippen molar-refractivity contribution in [2.24, 2.45) is 0 Å². The molecule has 5 nitrogen and oxygen atoms in total. The van der Waals surface area contributed by atoms with E-state index in [1.807, 2.05) is 4.90 Å². The van der Waals surface area contributed by atoms with Gasteiger partial charge in [-0.25, -0.2) is 0 Å². The van der Waals surface area contributed by atoms with Crippen LogP contribution in [0, 0.1) is 0 Å². The first kappa shape index (κ1) is 13.2. The van der Waals surface area contributed by atoms with Crippen molar-refractivity contribution in [3.63, 3.8) is 0 Å². The van der Waals surface area contributed by atoms with Gasteiger partial charge in [0.15, 0.2) is 0 Å². The monoisotopic (exact) mass is 239 g/mol. The number of aliphatic hydroxyl groups excluding tert-OH is 4. The molecule has 0 aliphatic carbocycles. The van der Waals surface area contributed by atoms with Crippen molar-refractivity contribution in [1.29, 1.82) is 0 Å². The lowest BCUT2D eigenvalue weighted by molar-refractivity contribution is -0.169. The van der Waals surface area contributed by atoms with Gasteiger partial charge in [-0.15, -0.1) is 12.4 Å². The Morgan fingerprint density at radius 1 is 0.933 bits per heavy atom. The van der Waals surface area contributed by atoms with Crippen LogP contribution in [0.4, 0.5) is 0 Å². The Bertz CT molecular complexity index is 216. The number of hydrogen-bond donors (Lipinski definition) is 4. The maximum Gasteiger partial charge on any atom is 0.109 e. The molecule has 0 aromatic heterocycles. The fraction of sp³-hybridized carbons (Fsp3) is 1.00. The lowest BCUT2D eigenvalue weighted by Crippen LogP contribution is -2.66. The van der Waals surface area contributed by atoms with Gasteiger partial charge < -0.3 is 20.4 Å². The first-order chi connectivity index (χ1) is 6.61. The van der Waals surface area contributed by atoms with E-state index in [0.717, 1.165) is 13.0 Å². The average Bonchev–Trinajstić information content (AvgIpc) is 2.14. The van der Waals surface area contributed by atoms with E-state index < -0.39 is 30.5 Å². The summed E-state index contributed by atoms with van der Waals surface area (Å²) in [6, 6.07) is -0.415. The van der Waals surface area contributed by atoms with Crippen LogP contribution in [0.15, 0.2) is 0 Å². The van der Waals surface area contributed by atoms with Crippen molar-refractivity contribution < 1.29 is 20.4 Å². The summed E-state index contributed by atoms with van der Waals surface area (Å²) >= 11 is 0. The molecule has 2 heterocycles. The zero-order valence-electron chi connectivity index (χ0n) is 8.36. The van der Waals surface area contributed by atoms with E-state index in [9.17, 15) is 20.4 Å². The maximum absolute atomic E-state index is 9.70. The second kappa shape index (κ2) is 4.95. The molecule has 2 aliphatic heterocycles. The fourth-order valence-corrected chi connectivity index (χ4v) is 2.50. The summed E-state index contributed by atoms with van der Waals surface area (Å²) in [4.78, 5) is 1.86. The smallest absolute Gasteiger partial charge is 0.109 e. The van der Waals surface area contributed by atoms with Crippen molar-refractivity contribution in [1.82, 2.24) is 4.90 Å². The molecule has 0 aromatic carbocycles. The Morgan fingerprint density at radius 2 is 1.60 bits per heavy atom. The van der Waals surface area contributed by atoms with Gasteiger partial charge in [0.25, 0.3) is 0 Å². The van der Waals surface area contributed by atoms with Gasteiger partial charge in [-0.05, 0) is 19.4 Å². The average molecular weight is 240 g/mol. The van der Waals surface area contributed by atoms with Gasteiger partial charge in [0.05, 0.1) is 18.2 Å². The molecule has 0 saturated carbocycles. The Labute approximate surface area is 94.7 Å². The predicted molar refractivity (Wildman–Crippen MR) is 55.9 cm³/mol. The molecule has 6 heteroatoms. The highest BCUT2D eigenvalue weighted by atomic mass is 35.5. The van der Waals surface area contributed by atoms with Crippen LogP contribution in [-0.4, -0.2) is 68.9 Å². The first-order valence-electron chi connectivity index (χ1n) is 5.07. The van der Waals surface area contributed by atoms with Gasteiger partial charge >= 0.3 is 0 Å². The molecule has 2 saturated heterocycles. The first-order valence-corrected chi connectivity index (χ1v) is 5.07. The van der Waals surface area contributed by atoms with E-state index in [2.05, 4.69) is 0 Å². The van der Waals surface area contributed by atoms with E-state index in [-0.39, 0.29) is 12.4 Å². The molecule has 5 unspecified atom stereocenters. The molecule has 0 bridgehead atoms. The highest BCUT2D eigenvalue weighted by molar-refractivity contribution is 5.85. The molecule has 2 rings (SSSR count). The van der Waals surface area contributed by atoms with Gasteiger partial charge in [0.1, 0.15) is 12.2 Å². The van der Waals surface area contributed by atoms with Crippen LogP contribution >= 0.6 is 12.4 Å². The largest absolute Gasteiger partial charge is 0.391 e. The standard InChI is InChI=1S/C9H17NO4.ClH/c11-5-2-1-3-10-4-6(12)8(13)9(14)7(5)10;/h5-9,11-14H,1-4H2;1H. The number of rotatable bonds is 0. The molecule has 90 valence electrons. The Kier molecular flexibility index (Phi) is 4.34. The molecule has 5 atom stereocenters. The van der Waals surface area contributed by atoms with Crippen molar-refractivity contribution in [3.05, 3.63) is 0 Å². The molecule has 4 N–H and O–H groups in total. The quantitative estimate of drug-likeness (QED) is 0.406. The van der Waals surface area contributed by atoms with E-state index in [1.165, 1.54) is 0 Å². The molecule has 2 fully saturated rings. The summed E-state index contributed by atoms with van der Waals surface area (Å²) < 4.78 is 0. The number of piperidine rings is 2. The summed E-state index contributed by atoms with van der Waals surface area (Å²) in [6.07, 6.45) is -2.17. The lowest BCUT2D eigenvalue weighted by Gasteiger charge is -2.48. The predicted octanol–water partition coefficient (Wildman–Crippen LogP) is -1.67. The van der Waals surface area contributed by atoms with Crippen molar-refractivity contribution >= 4 is 12.4 Å². The normalized spacial score (nSPS) is 46.8. The van der Waals surface area contributed by atoms with Gasteiger partial charge in [-0.1, -0.05) is 0 Å². The number of fused-ring (bicyclic) bond motifs is 1. The number of aliphatic hydroxyl groups is 4. The number of halogens is 1. The minimum atomic E-state index is -1.14. The van der Waals surface area contributed by atoms with Crippen molar-refractivity contribution in [2.45, 2.75) is 43.3 Å². The van der Waals surface area contributed by atoms with Crippen LogP contribution in [0.25, 0.3) is 0 Å². The summed E-state index contributed by atoms with van der Waals surface area (Å²) in [6.45, 7) is 1.10. The summed E-state index contributed by atoms with van der Waals surface area (Å²) in [5.74, 6) is 0. The van der Waals surface area contributed by atoms with E-state index in [4.69, 9.17) is 0 Å². The van der Waals surface area contributed by atoms with Crippen LogP contribution in [0.2, 0.25) is 0 Å². The minimum absolute atomic E-state index is 0. The van der Waals surface area contributed by atoms with Gasteiger partial charge in [0, 0.05) is 6.54 Å². The zero-order chi connectivity index (χ0) is 10.3. The third-order valence-corrected chi connectivity index (χ3v) is 3.28.